The summed E-state index contributed by atoms with van der Waals surface area (Å²) >= 11 is 3.40. The smallest absolute Gasteiger partial charge is 0.277 e. The number of benzene rings is 1. The van der Waals surface area contributed by atoms with Gasteiger partial charge in [-0.1, -0.05) is 6.07 Å². The highest BCUT2D eigenvalue weighted by Crippen LogP contribution is 2.13. The van der Waals surface area contributed by atoms with E-state index in [1.165, 1.54) is 6.21 Å². The molecule has 0 bridgehead atoms. The van der Waals surface area contributed by atoms with E-state index in [9.17, 15) is 4.79 Å². The summed E-state index contributed by atoms with van der Waals surface area (Å²) < 4.78 is 2.77. The summed E-state index contributed by atoms with van der Waals surface area (Å²) in [4.78, 5) is 20.2. The van der Waals surface area contributed by atoms with Crippen molar-refractivity contribution < 1.29 is 4.79 Å². The third-order valence-electron chi connectivity index (χ3n) is 2.95. The van der Waals surface area contributed by atoms with Gasteiger partial charge in [0.05, 0.1) is 18.1 Å². The van der Waals surface area contributed by atoms with Crippen molar-refractivity contribution in [1.82, 2.24) is 9.38 Å². The van der Waals surface area contributed by atoms with Crippen molar-refractivity contribution in [3.63, 3.8) is 0 Å². The first kappa shape index (κ1) is 13.5. The van der Waals surface area contributed by atoms with Crippen molar-refractivity contribution in [1.29, 1.82) is 0 Å². The van der Waals surface area contributed by atoms with E-state index in [4.69, 9.17) is 5.73 Å². The van der Waals surface area contributed by atoms with E-state index in [1.54, 1.807) is 30.5 Å². The first-order chi connectivity index (χ1) is 10.1. The number of fused-ring (bicyclic) bond motifs is 1. The zero-order valence-electron chi connectivity index (χ0n) is 10.9. The molecule has 0 spiro atoms. The number of nitrogens with zero attached hydrogens (tertiary/aromatic N) is 3. The summed E-state index contributed by atoms with van der Waals surface area (Å²) in [7, 11) is 0. The quantitative estimate of drug-likeness (QED) is 0.574. The van der Waals surface area contributed by atoms with Crippen LogP contribution in [0.1, 0.15) is 16.1 Å². The predicted molar refractivity (Wildman–Crippen MR) is 85.7 cm³/mol. The molecule has 0 radical (unpaired) electrons. The van der Waals surface area contributed by atoms with Gasteiger partial charge in [0.15, 0.2) is 0 Å². The van der Waals surface area contributed by atoms with Crippen molar-refractivity contribution in [2.45, 2.75) is 0 Å². The lowest BCUT2D eigenvalue weighted by Gasteiger charge is -1.98. The van der Waals surface area contributed by atoms with Crippen molar-refractivity contribution >= 4 is 39.4 Å². The minimum atomic E-state index is -0.341. The van der Waals surface area contributed by atoms with E-state index in [0.29, 0.717) is 11.3 Å². The number of hydrogen-bond donors (Lipinski definition) is 1. The van der Waals surface area contributed by atoms with E-state index < -0.39 is 0 Å². The van der Waals surface area contributed by atoms with Crippen LogP contribution in [-0.4, -0.2) is 21.5 Å². The van der Waals surface area contributed by atoms with Crippen LogP contribution in [0, 0.1) is 0 Å². The maximum absolute atomic E-state index is 12.0. The van der Waals surface area contributed by atoms with E-state index in [0.717, 1.165) is 15.8 Å². The fraction of sp³-hybridized carbons (Fsp3) is 0. The SMILES string of the molecule is Nc1cccc(C(=O)/N=C/c2cnc3ccc(Br)cn23)c1. The molecule has 1 aromatic carbocycles. The standard InChI is InChI=1S/C15H11BrN4O/c16-11-4-5-14-18-7-13(20(14)9-11)8-19-15(21)10-2-1-3-12(17)6-10/h1-9H,17H2/b19-8+. The molecule has 0 atom stereocenters. The number of aliphatic imine (C=N–C) groups is 1. The van der Waals surface area contributed by atoms with Gasteiger partial charge in [0, 0.05) is 21.9 Å². The molecular weight excluding hydrogens is 332 g/mol. The molecule has 104 valence electrons. The molecule has 0 aliphatic heterocycles. The Hall–Kier alpha value is -2.47. The highest BCUT2D eigenvalue weighted by atomic mass is 79.9. The Morgan fingerprint density at radius 3 is 3.00 bits per heavy atom. The molecule has 3 aromatic rings. The fourth-order valence-corrected chi connectivity index (χ4v) is 2.28. The van der Waals surface area contributed by atoms with E-state index >= 15 is 0 Å². The summed E-state index contributed by atoms with van der Waals surface area (Å²) in [6.07, 6.45) is 5.03. The highest BCUT2D eigenvalue weighted by Gasteiger charge is 2.05. The Balaban J connectivity index is 1.91. The molecule has 0 saturated carbocycles. The van der Waals surface area contributed by atoms with Gasteiger partial charge in [-0.2, -0.15) is 0 Å². The second-order valence-electron chi connectivity index (χ2n) is 4.45. The van der Waals surface area contributed by atoms with E-state index in [1.807, 2.05) is 22.7 Å². The van der Waals surface area contributed by atoms with Gasteiger partial charge in [-0.15, -0.1) is 0 Å². The number of nitrogen functional groups attached to an aromatic ring is 1. The average Bonchev–Trinajstić information content (AvgIpc) is 2.87. The second kappa shape index (κ2) is 5.49. The summed E-state index contributed by atoms with van der Waals surface area (Å²) in [5.41, 5.74) is 8.16. The summed E-state index contributed by atoms with van der Waals surface area (Å²) in [5.74, 6) is -0.341. The molecular formula is C15H11BrN4O. The van der Waals surface area contributed by atoms with Gasteiger partial charge >= 0.3 is 0 Å². The molecule has 21 heavy (non-hydrogen) atoms. The van der Waals surface area contributed by atoms with Crippen molar-refractivity contribution in [3.05, 3.63) is 64.5 Å². The van der Waals surface area contributed by atoms with Gasteiger partial charge in [-0.25, -0.2) is 9.98 Å². The number of hydrogen-bond acceptors (Lipinski definition) is 3. The number of carbonyl (C=O) groups excluding carboxylic acids is 1. The minimum absolute atomic E-state index is 0.341. The number of carbonyl (C=O) groups is 1. The van der Waals surface area contributed by atoms with Gasteiger partial charge in [0.2, 0.25) is 0 Å². The van der Waals surface area contributed by atoms with Crippen LogP contribution in [0.25, 0.3) is 5.65 Å². The van der Waals surface area contributed by atoms with Gasteiger partial charge < -0.3 is 5.73 Å². The molecule has 3 rings (SSSR count). The van der Waals surface area contributed by atoms with Crippen LogP contribution in [0.2, 0.25) is 0 Å². The van der Waals surface area contributed by atoms with Crippen LogP contribution in [0.15, 0.2) is 58.3 Å². The molecule has 0 saturated heterocycles. The van der Waals surface area contributed by atoms with E-state index in [-0.39, 0.29) is 5.91 Å². The number of rotatable bonds is 2. The maximum Gasteiger partial charge on any atom is 0.277 e. The van der Waals surface area contributed by atoms with Gasteiger partial charge in [-0.05, 0) is 46.3 Å². The van der Waals surface area contributed by atoms with Crippen LogP contribution >= 0.6 is 15.9 Å². The molecule has 6 heteroatoms. The molecule has 0 unspecified atom stereocenters. The zero-order valence-corrected chi connectivity index (χ0v) is 12.5. The fourth-order valence-electron chi connectivity index (χ4n) is 1.94. The average molecular weight is 343 g/mol. The molecule has 1 amide bonds. The number of imidazole rings is 1. The van der Waals surface area contributed by atoms with Crippen LogP contribution in [-0.2, 0) is 0 Å². The third-order valence-corrected chi connectivity index (χ3v) is 3.41. The van der Waals surface area contributed by atoms with Crippen molar-refractivity contribution in [2.24, 2.45) is 4.99 Å². The summed E-state index contributed by atoms with van der Waals surface area (Å²) in [5, 5.41) is 0. The van der Waals surface area contributed by atoms with Gasteiger partial charge in [-0.3, -0.25) is 9.20 Å². The Bertz CT molecular complexity index is 854. The normalized spacial score (nSPS) is 11.3. The van der Waals surface area contributed by atoms with Crippen molar-refractivity contribution in [2.75, 3.05) is 5.73 Å². The lowest BCUT2D eigenvalue weighted by molar-refractivity contribution is 0.100. The molecule has 2 heterocycles. The minimum Gasteiger partial charge on any atom is -0.399 e. The highest BCUT2D eigenvalue weighted by molar-refractivity contribution is 9.10. The number of amides is 1. The molecule has 2 N–H and O–H groups in total. The van der Waals surface area contributed by atoms with Gasteiger partial charge in [0.1, 0.15) is 5.65 Å². The summed E-state index contributed by atoms with van der Waals surface area (Å²) in [6.45, 7) is 0. The molecule has 0 aliphatic carbocycles. The van der Waals surface area contributed by atoms with Crippen LogP contribution < -0.4 is 5.73 Å². The van der Waals surface area contributed by atoms with E-state index in [2.05, 4.69) is 25.9 Å². The zero-order chi connectivity index (χ0) is 14.8. The number of pyridine rings is 1. The Labute approximate surface area is 129 Å². The largest absolute Gasteiger partial charge is 0.399 e. The monoisotopic (exact) mass is 342 g/mol. The third kappa shape index (κ3) is 2.85. The second-order valence-corrected chi connectivity index (χ2v) is 5.36. The Morgan fingerprint density at radius 2 is 2.19 bits per heavy atom. The maximum atomic E-state index is 12.0. The predicted octanol–water partition coefficient (Wildman–Crippen LogP) is 2.94. The van der Waals surface area contributed by atoms with Gasteiger partial charge in [0.25, 0.3) is 5.91 Å². The lowest BCUT2D eigenvalue weighted by Crippen LogP contribution is -1.98. The molecule has 0 aliphatic rings. The number of nitrogens with two attached hydrogens (primary N) is 1. The lowest BCUT2D eigenvalue weighted by atomic mass is 10.2. The Kier molecular flexibility index (Phi) is 3.53. The number of halogens is 1. The van der Waals surface area contributed by atoms with Crippen LogP contribution in [0.3, 0.4) is 0 Å². The van der Waals surface area contributed by atoms with Crippen LogP contribution in [0.4, 0.5) is 5.69 Å². The molecule has 5 nitrogen and oxygen atoms in total. The van der Waals surface area contributed by atoms with Crippen LogP contribution in [0.5, 0.6) is 0 Å². The summed E-state index contributed by atoms with van der Waals surface area (Å²) in [6, 6.07) is 10.5. The number of aromatic nitrogens is 2. The topological polar surface area (TPSA) is 72.8 Å². The molecule has 2 aromatic heterocycles. The first-order valence-electron chi connectivity index (χ1n) is 6.20. The Morgan fingerprint density at radius 1 is 1.33 bits per heavy atom. The number of anilines is 1. The molecule has 0 fully saturated rings. The first-order valence-corrected chi connectivity index (χ1v) is 6.99. The van der Waals surface area contributed by atoms with Crippen molar-refractivity contribution in [3.8, 4) is 0 Å².